The lowest BCUT2D eigenvalue weighted by Crippen LogP contribution is -2.01. The zero-order valence-electron chi connectivity index (χ0n) is 10.7. The van der Waals surface area contributed by atoms with E-state index in [-0.39, 0.29) is 0 Å². The molecule has 0 saturated heterocycles. The highest BCUT2D eigenvalue weighted by Gasteiger charge is 2.15. The van der Waals surface area contributed by atoms with Gasteiger partial charge >= 0.3 is 0 Å². The van der Waals surface area contributed by atoms with Gasteiger partial charge < -0.3 is 0 Å². The van der Waals surface area contributed by atoms with Crippen molar-refractivity contribution >= 4 is 5.57 Å². The second kappa shape index (κ2) is 4.29. The van der Waals surface area contributed by atoms with Crippen molar-refractivity contribution in [3.8, 4) is 0 Å². The fraction of sp³-hybridized carbons (Fsp3) is 0.375. The van der Waals surface area contributed by atoms with Gasteiger partial charge in [-0.3, -0.25) is 0 Å². The van der Waals surface area contributed by atoms with E-state index in [1.165, 1.54) is 46.3 Å². The molecule has 0 spiro atoms. The van der Waals surface area contributed by atoms with Crippen molar-refractivity contribution < 1.29 is 0 Å². The number of hydrogen-bond donors (Lipinski definition) is 0. The van der Waals surface area contributed by atoms with Crippen molar-refractivity contribution in [3.05, 3.63) is 52.1 Å². The van der Waals surface area contributed by atoms with Crippen molar-refractivity contribution in [1.29, 1.82) is 0 Å². The van der Waals surface area contributed by atoms with E-state index in [1.54, 1.807) is 0 Å². The molecule has 1 aliphatic rings. The van der Waals surface area contributed by atoms with Crippen molar-refractivity contribution in [1.82, 2.24) is 0 Å². The van der Waals surface area contributed by atoms with Crippen LogP contribution < -0.4 is 0 Å². The van der Waals surface area contributed by atoms with E-state index in [4.69, 9.17) is 0 Å². The molecule has 0 atom stereocenters. The highest BCUT2D eigenvalue weighted by molar-refractivity contribution is 5.84. The second-order valence-corrected chi connectivity index (χ2v) is 4.85. The summed E-state index contributed by atoms with van der Waals surface area (Å²) < 4.78 is 0. The molecule has 0 radical (unpaired) electrons. The van der Waals surface area contributed by atoms with Gasteiger partial charge in [-0.05, 0) is 68.4 Å². The fourth-order valence-corrected chi connectivity index (χ4v) is 2.69. The Labute approximate surface area is 98.7 Å². The van der Waals surface area contributed by atoms with Gasteiger partial charge in [-0.1, -0.05) is 29.8 Å². The Morgan fingerprint density at radius 1 is 0.938 bits per heavy atom. The van der Waals surface area contributed by atoms with Gasteiger partial charge in [-0.15, -0.1) is 0 Å². The molecular weight excluding hydrogens is 192 g/mol. The van der Waals surface area contributed by atoms with Crippen LogP contribution in [0.3, 0.4) is 0 Å². The molecule has 0 N–H and O–H groups in total. The van der Waals surface area contributed by atoms with E-state index < -0.39 is 0 Å². The fourth-order valence-electron chi connectivity index (χ4n) is 2.69. The summed E-state index contributed by atoms with van der Waals surface area (Å²) in [5.41, 5.74) is 8.71. The molecule has 0 heterocycles. The smallest absolute Gasteiger partial charge is 0.0123 e. The van der Waals surface area contributed by atoms with Gasteiger partial charge in [-0.25, -0.2) is 0 Å². The highest BCUT2D eigenvalue weighted by Crippen LogP contribution is 2.35. The summed E-state index contributed by atoms with van der Waals surface area (Å²) in [6, 6.07) is 6.57. The largest absolute Gasteiger partial charge is 0.0807 e. The molecule has 2 rings (SSSR count). The molecule has 1 aromatic carbocycles. The highest BCUT2D eigenvalue weighted by atomic mass is 14.2. The molecule has 0 bridgehead atoms. The number of aryl methyl sites for hydroxylation is 2. The maximum absolute atomic E-state index is 2.37. The Morgan fingerprint density at radius 3 is 2.12 bits per heavy atom. The van der Waals surface area contributed by atoms with Crippen LogP contribution in [-0.2, 0) is 0 Å². The second-order valence-electron chi connectivity index (χ2n) is 4.85. The monoisotopic (exact) mass is 212 g/mol. The summed E-state index contributed by atoms with van der Waals surface area (Å²) in [6.45, 7) is 8.94. The number of allylic oxidation sites excluding steroid dienone is 4. The zero-order valence-corrected chi connectivity index (χ0v) is 10.7. The van der Waals surface area contributed by atoms with Gasteiger partial charge in [0.05, 0.1) is 0 Å². The van der Waals surface area contributed by atoms with Crippen LogP contribution in [-0.4, -0.2) is 0 Å². The molecule has 0 aromatic heterocycles. The average Bonchev–Trinajstić information content (AvgIpc) is 2.21. The van der Waals surface area contributed by atoms with Crippen molar-refractivity contribution in [2.24, 2.45) is 0 Å². The standard InChI is InChI=1S/C16H20/c1-11-7-5-8-12(2)15(11)16-13(3)9-6-10-14(16)4/h5,7-9H,6,10H2,1-4H3. The lowest BCUT2D eigenvalue weighted by molar-refractivity contribution is 0.951. The summed E-state index contributed by atoms with van der Waals surface area (Å²) in [4.78, 5) is 0. The Bertz CT molecular complexity index is 453. The van der Waals surface area contributed by atoms with Crippen LogP contribution in [0.1, 0.15) is 43.4 Å². The van der Waals surface area contributed by atoms with Gasteiger partial charge in [0.2, 0.25) is 0 Å². The predicted octanol–water partition coefficient (Wildman–Crippen LogP) is 4.82. The molecular formula is C16H20. The van der Waals surface area contributed by atoms with Crippen molar-refractivity contribution in [2.75, 3.05) is 0 Å². The van der Waals surface area contributed by atoms with Crippen LogP contribution in [0, 0.1) is 13.8 Å². The third-order valence-corrected chi connectivity index (χ3v) is 3.52. The van der Waals surface area contributed by atoms with Crippen molar-refractivity contribution in [2.45, 2.75) is 40.5 Å². The van der Waals surface area contributed by atoms with Crippen LogP contribution in [0.15, 0.2) is 35.4 Å². The number of hydrogen-bond acceptors (Lipinski definition) is 0. The maximum atomic E-state index is 2.37. The molecule has 1 aromatic rings. The summed E-state index contributed by atoms with van der Waals surface area (Å²) in [5.74, 6) is 0. The van der Waals surface area contributed by atoms with Gasteiger partial charge in [0.1, 0.15) is 0 Å². The van der Waals surface area contributed by atoms with E-state index in [0.717, 1.165) is 0 Å². The summed E-state index contributed by atoms with van der Waals surface area (Å²) in [7, 11) is 0. The van der Waals surface area contributed by atoms with Crippen LogP contribution >= 0.6 is 0 Å². The lowest BCUT2D eigenvalue weighted by atomic mass is 9.84. The zero-order chi connectivity index (χ0) is 11.7. The minimum Gasteiger partial charge on any atom is -0.0807 e. The van der Waals surface area contributed by atoms with Crippen LogP contribution in [0.2, 0.25) is 0 Å². The van der Waals surface area contributed by atoms with E-state index in [9.17, 15) is 0 Å². The molecule has 0 saturated carbocycles. The average molecular weight is 212 g/mol. The molecule has 1 aliphatic carbocycles. The van der Waals surface area contributed by atoms with E-state index in [1.807, 2.05) is 0 Å². The first-order valence-corrected chi connectivity index (χ1v) is 6.04. The third kappa shape index (κ3) is 1.84. The first kappa shape index (κ1) is 11.2. The summed E-state index contributed by atoms with van der Waals surface area (Å²) in [5, 5.41) is 0. The Balaban J connectivity index is 2.64. The summed E-state index contributed by atoms with van der Waals surface area (Å²) >= 11 is 0. The maximum Gasteiger partial charge on any atom is -0.0123 e. The van der Waals surface area contributed by atoms with Crippen molar-refractivity contribution in [3.63, 3.8) is 0 Å². The predicted molar refractivity (Wildman–Crippen MR) is 71.5 cm³/mol. The molecule has 0 nitrogen and oxygen atoms in total. The minimum absolute atomic E-state index is 1.20. The normalized spacial score (nSPS) is 16.4. The first-order valence-electron chi connectivity index (χ1n) is 6.04. The summed E-state index contributed by atoms with van der Waals surface area (Å²) in [6.07, 6.45) is 4.78. The Kier molecular flexibility index (Phi) is 3.00. The topological polar surface area (TPSA) is 0 Å². The molecule has 0 heteroatoms. The first-order chi connectivity index (χ1) is 7.61. The third-order valence-electron chi connectivity index (χ3n) is 3.52. The van der Waals surface area contributed by atoms with Gasteiger partial charge in [-0.2, -0.15) is 0 Å². The van der Waals surface area contributed by atoms with E-state index in [0.29, 0.717) is 0 Å². The SMILES string of the molecule is CC1=CCCC(C)=C1c1c(C)cccc1C. The lowest BCUT2D eigenvalue weighted by Gasteiger charge is -2.21. The number of benzene rings is 1. The Hall–Kier alpha value is -1.30. The van der Waals surface area contributed by atoms with Gasteiger partial charge in [0, 0.05) is 0 Å². The molecule has 84 valence electrons. The van der Waals surface area contributed by atoms with Gasteiger partial charge in [0.15, 0.2) is 0 Å². The van der Waals surface area contributed by atoms with E-state index >= 15 is 0 Å². The molecule has 0 unspecified atom stereocenters. The van der Waals surface area contributed by atoms with Crippen LogP contribution in [0.4, 0.5) is 0 Å². The molecule has 0 aliphatic heterocycles. The number of rotatable bonds is 1. The minimum atomic E-state index is 1.20. The van der Waals surface area contributed by atoms with Crippen LogP contribution in [0.25, 0.3) is 5.57 Å². The molecule has 0 amide bonds. The van der Waals surface area contributed by atoms with Crippen LogP contribution in [0.5, 0.6) is 0 Å². The van der Waals surface area contributed by atoms with E-state index in [2.05, 4.69) is 52.0 Å². The molecule has 0 fully saturated rings. The quantitative estimate of drug-likeness (QED) is 0.626. The van der Waals surface area contributed by atoms with Gasteiger partial charge in [0.25, 0.3) is 0 Å². The molecule has 16 heavy (non-hydrogen) atoms. The Morgan fingerprint density at radius 2 is 1.56 bits per heavy atom.